The van der Waals surface area contributed by atoms with E-state index in [4.69, 9.17) is 0 Å². The second kappa shape index (κ2) is 7.29. The average Bonchev–Trinajstić information content (AvgIpc) is 2.89. The number of aryl methyl sites for hydroxylation is 1. The van der Waals surface area contributed by atoms with Gasteiger partial charge in [0.25, 0.3) is 10.0 Å². The maximum absolute atomic E-state index is 12.4. The molecule has 130 valence electrons. The van der Waals surface area contributed by atoms with Crippen LogP contribution in [0.4, 0.5) is 0 Å². The molecule has 1 N–H and O–H groups in total. The zero-order valence-corrected chi connectivity index (χ0v) is 17.0. The predicted octanol–water partition coefficient (Wildman–Crippen LogP) is 4.53. The molecule has 0 unspecified atom stereocenters. The van der Waals surface area contributed by atoms with Gasteiger partial charge >= 0.3 is 0 Å². The van der Waals surface area contributed by atoms with Gasteiger partial charge in [-0.15, -0.1) is 0 Å². The fourth-order valence-corrected chi connectivity index (χ4v) is 4.40. The van der Waals surface area contributed by atoms with Gasteiger partial charge in [0.2, 0.25) is 0 Å². The largest absolute Gasteiger partial charge is 0.276 e. The lowest BCUT2D eigenvalue weighted by molar-refractivity contribution is 0.584. The molecular formula is C19H19IN2O2S. The summed E-state index contributed by atoms with van der Waals surface area (Å²) < 4.78 is 25.8. The number of hydrogen-bond donors (Lipinski definition) is 1. The van der Waals surface area contributed by atoms with E-state index in [2.05, 4.69) is 51.6 Å². The van der Waals surface area contributed by atoms with Crippen LogP contribution in [0.1, 0.15) is 30.4 Å². The first kappa shape index (κ1) is 18.1. The van der Waals surface area contributed by atoms with E-state index in [1.807, 2.05) is 25.1 Å². The van der Waals surface area contributed by atoms with E-state index in [0.717, 1.165) is 14.9 Å². The Morgan fingerprint density at radius 3 is 2.32 bits per heavy atom. The lowest BCUT2D eigenvalue weighted by Gasteiger charge is -2.11. The van der Waals surface area contributed by atoms with Gasteiger partial charge in [0.05, 0.1) is 10.6 Å². The van der Waals surface area contributed by atoms with E-state index in [1.165, 1.54) is 11.1 Å². The maximum Gasteiger partial charge on any atom is 0.276 e. The van der Waals surface area contributed by atoms with E-state index in [9.17, 15) is 8.42 Å². The zero-order chi connectivity index (χ0) is 18.0. The zero-order valence-electron chi connectivity index (χ0n) is 14.0. The number of allylic oxidation sites excluding steroid dienone is 2. The Bertz CT molecular complexity index is 933. The Labute approximate surface area is 162 Å². The van der Waals surface area contributed by atoms with Gasteiger partial charge in [0.15, 0.2) is 0 Å². The van der Waals surface area contributed by atoms with Crippen molar-refractivity contribution in [1.29, 1.82) is 0 Å². The monoisotopic (exact) mass is 466 g/mol. The average molecular weight is 466 g/mol. The highest BCUT2D eigenvalue weighted by Gasteiger charge is 2.28. The number of benzene rings is 2. The number of sulfonamides is 1. The highest BCUT2D eigenvalue weighted by atomic mass is 127. The molecule has 0 fully saturated rings. The number of hydrogen-bond acceptors (Lipinski definition) is 3. The molecular weight excluding hydrogens is 447 g/mol. The van der Waals surface area contributed by atoms with Crippen LogP contribution < -0.4 is 4.83 Å². The molecule has 0 aliphatic heterocycles. The number of nitrogens with zero attached hydrogens (tertiary/aromatic N) is 1. The maximum atomic E-state index is 12.4. The topological polar surface area (TPSA) is 58.5 Å². The summed E-state index contributed by atoms with van der Waals surface area (Å²) in [7, 11) is -3.65. The van der Waals surface area contributed by atoms with E-state index >= 15 is 0 Å². The Balaban J connectivity index is 1.82. The second-order valence-electron chi connectivity index (χ2n) is 6.13. The lowest BCUT2D eigenvalue weighted by Crippen LogP contribution is -2.20. The summed E-state index contributed by atoms with van der Waals surface area (Å²) in [5, 5.41) is 4.21. The van der Waals surface area contributed by atoms with E-state index in [1.54, 1.807) is 24.3 Å². The van der Waals surface area contributed by atoms with Crippen LogP contribution in [0.25, 0.3) is 0 Å². The van der Waals surface area contributed by atoms with Crippen molar-refractivity contribution in [2.45, 2.75) is 31.1 Å². The van der Waals surface area contributed by atoms with Gasteiger partial charge in [0.1, 0.15) is 0 Å². The van der Waals surface area contributed by atoms with Crippen LogP contribution in [-0.4, -0.2) is 14.1 Å². The van der Waals surface area contributed by atoms with Gasteiger partial charge in [0, 0.05) is 15.9 Å². The third-order valence-electron chi connectivity index (χ3n) is 4.35. The lowest BCUT2D eigenvalue weighted by atomic mass is 9.93. The SMILES string of the molecule is CC1=C(I)/C(=N/NS(=O)(=O)c2ccc(C)cc2)C[C@@H]1c1ccccc1. The standard InChI is InChI=1S/C19H19IN2O2S/c1-13-8-10-16(11-9-13)25(23,24)22-21-18-12-17(14(2)19(18)20)15-6-4-3-5-7-15/h3-11,17,22H,12H2,1-2H3/b21-18+/t17-/m0/s1. The summed E-state index contributed by atoms with van der Waals surface area (Å²) in [6.45, 7) is 4.00. The van der Waals surface area contributed by atoms with Crippen LogP contribution in [-0.2, 0) is 10.0 Å². The summed E-state index contributed by atoms with van der Waals surface area (Å²) in [5.74, 6) is 0.246. The highest BCUT2D eigenvalue weighted by Crippen LogP contribution is 2.40. The Kier molecular flexibility index (Phi) is 5.29. The Hall–Kier alpha value is -1.67. The highest BCUT2D eigenvalue weighted by molar-refractivity contribution is 14.1. The van der Waals surface area contributed by atoms with Crippen molar-refractivity contribution in [2.24, 2.45) is 5.10 Å². The number of nitrogens with one attached hydrogen (secondary N) is 1. The van der Waals surface area contributed by atoms with Crippen LogP contribution in [0.3, 0.4) is 0 Å². The Morgan fingerprint density at radius 2 is 1.68 bits per heavy atom. The minimum Gasteiger partial charge on any atom is -0.200 e. The molecule has 25 heavy (non-hydrogen) atoms. The predicted molar refractivity (Wildman–Crippen MR) is 109 cm³/mol. The summed E-state index contributed by atoms with van der Waals surface area (Å²) in [6.07, 6.45) is 0.699. The van der Waals surface area contributed by atoms with Gasteiger partial charge < -0.3 is 0 Å². The first-order chi connectivity index (χ1) is 11.9. The van der Waals surface area contributed by atoms with Crippen molar-refractivity contribution >= 4 is 38.3 Å². The van der Waals surface area contributed by atoms with Crippen LogP contribution in [0, 0.1) is 6.92 Å². The molecule has 0 heterocycles. The molecule has 4 nitrogen and oxygen atoms in total. The van der Waals surface area contributed by atoms with Crippen molar-refractivity contribution in [2.75, 3.05) is 0 Å². The van der Waals surface area contributed by atoms with Gasteiger partial charge in [-0.05, 0) is 54.1 Å². The summed E-state index contributed by atoms with van der Waals surface area (Å²) in [5.41, 5.74) is 4.24. The van der Waals surface area contributed by atoms with E-state index in [-0.39, 0.29) is 10.8 Å². The van der Waals surface area contributed by atoms with Crippen molar-refractivity contribution < 1.29 is 8.42 Å². The fraction of sp³-hybridized carbons (Fsp3) is 0.211. The first-order valence-electron chi connectivity index (χ1n) is 7.95. The quantitative estimate of drug-likeness (QED) is 0.532. The van der Waals surface area contributed by atoms with Crippen molar-refractivity contribution in [3.63, 3.8) is 0 Å². The third kappa shape index (κ3) is 3.95. The van der Waals surface area contributed by atoms with Gasteiger partial charge in [-0.1, -0.05) is 53.6 Å². The van der Waals surface area contributed by atoms with Crippen LogP contribution in [0.15, 0.2) is 73.7 Å². The Morgan fingerprint density at radius 1 is 1.04 bits per heavy atom. The molecule has 2 aromatic rings. The minimum absolute atomic E-state index is 0.218. The molecule has 0 saturated heterocycles. The molecule has 1 aliphatic rings. The molecule has 0 saturated carbocycles. The second-order valence-corrected chi connectivity index (χ2v) is 8.87. The summed E-state index contributed by atoms with van der Waals surface area (Å²) >= 11 is 2.25. The molecule has 0 aromatic heterocycles. The molecule has 1 atom stereocenters. The number of hydrazone groups is 1. The molecule has 0 radical (unpaired) electrons. The first-order valence-corrected chi connectivity index (χ1v) is 10.5. The third-order valence-corrected chi connectivity index (χ3v) is 7.05. The number of rotatable bonds is 4. The molecule has 1 aliphatic carbocycles. The number of halogens is 1. The molecule has 2 aromatic carbocycles. The molecule has 6 heteroatoms. The van der Waals surface area contributed by atoms with E-state index < -0.39 is 10.0 Å². The molecule has 3 rings (SSSR count). The normalized spacial score (nSPS) is 19.5. The van der Waals surface area contributed by atoms with Crippen molar-refractivity contribution in [3.8, 4) is 0 Å². The van der Waals surface area contributed by atoms with Crippen LogP contribution in [0.5, 0.6) is 0 Å². The fourth-order valence-electron chi connectivity index (χ4n) is 2.85. The summed E-state index contributed by atoms with van der Waals surface area (Å²) in [6, 6.07) is 16.9. The van der Waals surface area contributed by atoms with Crippen LogP contribution in [0.2, 0.25) is 0 Å². The van der Waals surface area contributed by atoms with Crippen molar-refractivity contribution in [3.05, 3.63) is 74.9 Å². The molecule has 0 spiro atoms. The van der Waals surface area contributed by atoms with Crippen molar-refractivity contribution in [1.82, 2.24) is 4.83 Å². The molecule has 0 amide bonds. The van der Waals surface area contributed by atoms with Gasteiger partial charge in [-0.3, -0.25) is 0 Å². The minimum atomic E-state index is -3.65. The summed E-state index contributed by atoms with van der Waals surface area (Å²) in [4.78, 5) is 2.60. The van der Waals surface area contributed by atoms with Gasteiger partial charge in [-0.25, -0.2) is 0 Å². The van der Waals surface area contributed by atoms with E-state index in [0.29, 0.717) is 6.42 Å². The van der Waals surface area contributed by atoms with Gasteiger partial charge in [-0.2, -0.15) is 18.4 Å². The molecule has 0 bridgehead atoms. The smallest absolute Gasteiger partial charge is 0.200 e. The van der Waals surface area contributed by atoms with Crippen LogP contribution >= 0.6 is 22.6 Å².